The molecule has 1 heterocycles. The number of methoxy groups -OCH3 is 1. The quantitative estimate of drug-likeness (QED) is 0.148. The predicted octanol–water partition coefficient (Wildman–Crippen LogP) is 7.74. The number of carbonyl (C=O) groups excluding carboxylic acids is 2. The normalized spacial score (nSPS) is 16.8. The van der Waals surface area contributed by atoms with Crippen LogP contribution in [0.25, 0.3) is 11.3 Å². The highest BCUT2D eigenvalue weighted by Gasteiger charge is 2.29. The van der Waals surface area contributed by atoms with Crippen molar-refractivity contribution in [3.63, 3.8) is 0 Å². The van der Waals surface area contributed by atoms with E-state index in [0.29, 0.717) is 42.7 Å². The average Bonchev–Trinajstić information content (AvgIpc) is 3.52. The van der Waals surface area contributed by atoms with Crippen LogP contribution in [0.5, 0.6) is 11.5 Å². The van der Waals surface area contributed by atoms with Crippen molar-refractivity contribution in [3.05, 3.63) is 102 Å². The van der Waals surface area contributed by atoms with Crippen molar-refractivity contribution in [2.24, 2.45) is 11.8 Å². The highest BCUT2D eigenvalue weighted by molar-refractivity contribution is 5.94. The van der Waals surface area contributed by atoms with Gasteiger partial charge in [0.2, 0.25) is 5.91 Å². The molecule has 1 aliphatic carbocycles. The molecule has 8 heteroatoms. The Labute approximate surface area is 278 Å². The summed E-state index contributed by atoms with van der Waals surface area (Å²) in [5.74, 6) is 1.77. The molecule has 1 fully saturated rings. The molecule has 248 valence electrons. The topological polar surface area (TPSA) is 94.5 Å². The average molecular weight is 637 g/mol. The minimum atomic E-state index is -0.336. The first-order chi connectivity index (χ1) is 22.8. The molecule has 0 radical (unpaired) electrons. The first-order valence-electron chi connectivity index (χ1n) is 16.9. The second-order valence-corrected chi connectivity index (χ2v) is 13.2. The summed E-state index contributed by atoms with van der Waals surface area (Å²) in [7, 11) is 1.65. The Morgan fingerprint density at radius 2 is 1.64 bits per heavy atom. The lowest BCUT2D eigenvalue weighted by Gasteiger charge is -2.29. The van der Waals surface area contributed by atoms with Crippen LogP contribution >= 0.6 is 0 Å². The van der Waals surface area contributed by atoms with Gasteiger partial charge in [-0.3, -0.25) is 14.3 Å². The Kier molecular flexibility index (Phi) is 11.7. The SMILES string of the molecule is COc1cccc(OCc2ccccc2)c1-c1cc(C(=O)NC(CC(=O)NCc2ccccc2)CC(C)C)nn1C1CCCC(C)C1. The Balaban J connectivity index is 1.42. The number of hydrogen-bond donors (Lipinski definition) is 2. The second kappa shape index (κ2) is 16.3. The first-order valence-corrected chi connectivity index (χ1v) is 16.9. The number of ether oxygens (including phenoxy) is 2. The Morgan fingerprint density at radius 1 is 0.936 bits per heavy atom. The lowest BCUT2D eigenvalue weighted by Crippen LogP contribution is -2.40. The molecule has 0 spiro atoms. The van der Waals surface area contributed by atoms with Crippen LogP contribution in [0.2, 0.25) is 0 Å². The van der Waals surface area contributed by atoms with Gasteiger partial charge in [-0.2, -0.15) is 5.10 Å². The summed E-state index contributed by atoms with van der Waals surface area (Å²) in [4.78, 5) is 26.9. The molecule has 47 heavy (non-hydrogen) atoms. The summed E-state index contributed by atoms with van der Waals surface area (Å²) in [6.07, 6.45) is 5.10. The summed E-state index contributed by atoms with van der Waals surface area (Å²) < 4.78 is 14.3. The highest BCUT2D eigenvalue weighted by atomic mass is 16.5. The Bertz CT molecular complexity index is 1600. The highest BCUT2D eigenvalue weighted by Crippen LogP contribution is 2.42. The molecule has 0 bridgehead atoms. The summed E-state index contributed by atoms with van der Waals surface area (Å²) in [6.45, 7) is 7.31. The van der Waals surface area contributed by atoms with Gasteiger partial charge >= 0.3 is 0 Å². The van der Waals surface area contributed by atoms with Crippen molar-refractivity contribution < 1.29 is 19.1 Å². The second-order valence-electron chi connectivity index (χ2n) is 13.2. The molecule has 0 saturated heterocycles. The molecular formula is C39H48N4O4. The Morgan fingerprint density at radius 3 is 2.32 bits per heavy atom. The minimum absolute atomic E-state index is 0.101. The van der Waals surface area contributed by atoms with Crippen LogP contribution in [0, 0.1) is 11.8 Å². The number of nitrogens with zero attached hydrogens (tertiary/aromatic N) is 2. The lowest BCUT2D eigenvalue weighted by atomic mass is 9.87. The van der Waals surface area contributed by atoms with E-state index in [2.05, 4.69) is 31.4 Å². The molecule has 1 saturated carbocycles. The van der Waals surface area contributed by atoms with Gasteiger partial charge in [-0.15, -0.1) is 0 Å². The van der Waals surface area contributed by atoms with Gasteiger partial charge in [0.25, 0.3) is 5.91 Å². The predicted molar refractivity (Wildman–Crippen MR) is 185 cm³/mol. The molecule has 1 aromatic heterocycles. The smallest absolute Gasteiger partial charge is 0.272 e. The third-order valence-corrected chi connectivity index (χ3v) is 8.78. The van der Waals surface area contributed by atoms with Gasteiger partial charge in [0.15, 0.2) is 5.69 Å². The maximum Gasteiger partial charge on any atom is 0.272 e. The number of rotatable bonds is 14. The van der Waals surface area contributed by atoms with Crippen LogP contribution in [-0.2, 0) is 17.9 Å². The van der Waals surface area contributed by atoms with Gasteiger partial charge in [-0.1, -0.05) is 100 Å². The monoisotopic (exact) mass is 636 g/mol. The van der Waals surface area contributed by atoms with E-state index in [1.165, 1.54) is 6.42 Å². The van der Waals surface area contributed by atoms with E-state index < -0.39 is 0 Å². The summed E-state index contributed by atoms with van der Waals surface area (Å²) in [6, 6.07) is 27.3. The molecule has 3 unspecified atom stereocenters. The molecule has 5 rings (SSSR count). The van der Waals surface area contributed by atoms with Crippen LogP contribution in [0.3, 0.4) is 0 Å². The van der Waals surface area contributed by atoms with Crippen LogP contribution in [0.15, 0.2) is 84.9 Å². The largest absolute Gasteiger partial charge is 0.496 e. The molecular weight excluding hydrogens is 588 g/mol. The fraction of sp³-hybridized carbons (Fsp3) is 0.410. The summed E-state index contributed by atoms with van der Waals surface area (Å²) >= 11 is 0. The van der Waals surface area contributed by atoms with Gasteiger partial charge in [-0.05, 0) is 60.4 Å². The molecule has 2 amide bonds. The minimum Gasteiger partial charge on any atom is -0.496 e. The zero-order valence-corrected chi connectivity index (χ0v) is 28.1. The summed E-state index contributed by atoms with van der Waals surface area (Å²) in [5, 5.41) is 11.1. The van der Waals surface area contributed by atoms with Crippen LogP contribution in [0.1, 0.15) is 87.0 Å². The number of nitrogens with one attached hydrogen (secondary N) is 2. The maximum atomic E-state index is 13.9. The molecule has 2 N–H and O–H groups in total. The van der Waals surface area contributed by atoms with E-state index in [-0.39, 0.29) is 36.2 Å². The van der Waals surface area contributed by atoms with E-state index in [1.807, 2.05) is 89.6 Å². The van der Waals surface area contributed by atoms with Crippen molar-refractivity contribution >= 4 is 11.8 Å². The number of amides is 2. The lowest BCUT2D eigenvalue weighted by molar-refractivity contribution is -0.121. The molecule has 0 aliphatic heterocycles. The third kappa shape index (κ3) is 9.24. The van der Waals surface area contributed by atoms with Crippen molar-refractivity contribution in [3.8, 4) is 22.8 Å². The van der Waals surface area contributed by atoms with E-state index in [0.717, 1.165) is 41.6 Å². The van der Waals surface area contributed by atoms with Crippen molar-refractivity contribution in [2.45, 2.75) is 84.5 Å². The number of carbonyl (C=O) groups is 2. The zero-order valence-electron chi connectivity index (χ0n) is 28.1. The van der Waals surface area contributed by atoms with Crippen molar-refractivity contribution in [2.75, 3.05) is 7.11 Å². The number of hydrogen-bond acceptors (Lipinski definition) is 5. The van der Waals surface area contributed by atoms with Gasteiger partial charge < -0.3 is 20.1 Å². The van der Waals surface area contributed by atoms with Crippen LogP contribution in [0.4, 0.5) is 0 Å². The first kappa shape index (κ1) is 33.8. The van der Waals surface area contributed by atoms with E-state index in [1.54, 1.807) is 7.11 Å². The van der Waals surface area contributed by atoms with Crippen molar-refractivity contribution in [1.82, 2.24) is 20.4 Å². The number of aromatic nitrogens is 2. The van der Waals surface area contributed by atoms with Crippen LogP contribution < -0.4 is 20.1 Å². The van der Waals surface area contributed by atoms with E-state index in [9.17, 15) is 9.59 Å². The molecule has 3 atom stereocenters. The Hall–Kier alpha value is -4.59. The molecule has 1 aliphatic rings. The summed E-state index contributed by atoms with van der Waals surface area (Å²) in [5.41, 5.74) is 3.96. The van der Waals surface area contributed by atoms with E-state index >= 15 is 0 Å². The zero-order chi connectivity index (χ0) is 33.2. The van der Waals surface area contributed by atoms with E-state index in [4.69, 9.17) is 14.6 Å². The van der Waals surface area contributed by atoms with Gasteiger partial charge in [-0.25, -0.2) is 0 Å². The van der Waals surface area contributed by atoms with Crippen molar-refractivity contribution in [1.29, 1.82) is 0 Å². The van der Waals surface area contributed by atoms with Gasteiger partial charge in [0, 0.05) is 19.0 Å². The standard InChI is InChI=1S/C39H48N4O4/c1-27(2)21-31(23-37(44)40-25-29-14-7-5-8-15-29)41-39(45)33-24-34(43(42-33)32-18-11-13-28(3)22-32)38-35(46-4)19-12-20-36(38)47-26-30-16-9-6-10-17-30/h5-10,12,14-17,19-20,24,27-28,31-32H,11,13,18,21-23,25-26H2,1-4H3,(H,40,44)(H,41,45). The molecule has 8 nitrogen and oxygen atoms in total. The fourth-order valence-electron chi connectivity index (χ4n) is 6.50. The molecule has 3 aromatic carbocycles. The fourth-order valence-corrected chi connectivity index (χ4v) is 6.50. The maximum absolute atomic E-state index is 13.9. The van der Waals surface area contributed by atoms with Gasteiger partial charge in [0.05, 0.1) is 24.4 Å². The van der Waals surface area contributed by atoms with Gasteiger partial charge in [0.1, 0.15) is 18.1 Å². The van der Waals surface area contributed by atoms with Crippen LogP contribution in [-0.4, -0.2) is 34.7 Å². The number of benzene rings is 3. The third-order valence-electron chi connectivity index (χ3n) is 8.78. The molecule has 4 aromatic rings.